The Hall–Kier alpha value is -2.04. The maximum atomic E-state index is 12.4. The molecule has 1 aromatic rings. The highest BCUT2D eigenvalue weighted by Gasteiger charge is 2.49. The zero-order valence-electron chi connectivity index (χ0n) is 13.7. The van der Waals surface area contributed by atoms with Crippen molar-refractivity contribution >= 4 is 17.5 Å². The fourth-order valence-corrected chi connectivity index (χ4v) is 3.13. The first-order valence-electron chi connectivity index (χ1n) is 8.32. The van der Waals surface area contributed by atoms with Gasteiger partial charge in [-0.15, -0.1) is 0 Å². The molecule has 23 heavy (non-hydrogen) atoms. The quantitative estimate of drug-likeness (QED) is 0.928. The Kier molecular flexibility index (Phi) is 4.55. The molecule has 5 nitrogen and oxygen atoms in total. The molecule has 0 spiro atoms. The van der Waals surface area contributed by atoms with Gasteiger partial charge in [0.1, 0.15) is 5.75 Å². The molecule has 1 saturated carbocycles. The number of carbonyl (C=O) groups excluding carboxylic acids is 2. The highest BCUT2D eigenvalue weighted by atomic mass is 16.5. The molecular weight excluding hydrogens is 292 g/mol. The number of amides is 2. The average Bonchev–Trinajstić information content (AvgIpc) is 3.36. The molecule has 1 heterocycles. The Labute approximate surface area is 137 Å². The molecule has 3 rings (SSSR count). The van der Waals surface area contributed by atoms with E-state index >= 15 is 0 Å². The van der Waals surface area contributed by atoms with E-state index in [4.69, 9.17) is 4.74 Å². The highest BCUT2D eigenvalue weighted by molar-refractivity contribution is 5.99. The SMILES string of the molecule is COc1ccc(NC(=O)C2CC2C(=O)N2CCC(C)CC2)cc1. The second-order valence-electron chi connectivity index (χ2n) is 6.67. The van der Waals surface area contributed by atoms with Crippen LogP contribution in [-0.4, -0.2) is 36.9 Å². The summed E-state index contributed by atoms with van der Waals surface area (Å²) in [6, 6.07) is 7.23. The minimum absolute atomic E-state index is 0.0566. The molecule has 2 aliphatic rings. The van der Waals surface area contributed by atoms with Crippen LogP contribution in [0.15, 0.2) is 24.3 Å². The smallest absolute Gasteiger partial charge is 0.228 e. The van der Waals surface area contributed by atoms with Gasteiger partial charge in [0.15, 0.2) is 0 Å². The third-order valence-corrected chi connectivity index (χ3v) is 4.90. The van der Waals surface area contributed by atoms with Gasteiger partial charge in [-0.05, 0) is 49.4 Å². The molecule has 2 atom stereocenters. The van der Waals surface area contributed by atoms with Crippen molar-refractivity contribution in [2.24, 2.45) is 17.8 Å². The van der Waals surface area contributed by atoms with Crippen LogP contribution in [0.1, 0.15) is 26.2 Å². The number of hydrogen-bond donors (Lipinski definition) is 1. The summed E-state index contributed by atoms with van der Waals surface area (Å²) >= 11 is 0. The van der Waals surface area contributed by atoms with E-state index in [0.717, 1.165) is 37.4 Å². The number of benzene rings is 1. The second kappa shape index (κ2) is 6.60. The van der Waals surface area contributed by atoms with Crippen LogP contribution in [0.4, 0.5) is 5.69 Å². The summed E-state index contributed by atoms with van der Waals surface area (Å²) < 4.78 is 5.09. The van der Waals surface area contributed by atoms with Crippen molar-refractivity contribution in [2.75, 3.05) is 25.5 Å². The molecule has 1 aromatic carbocycles. The maximum absolute atomic E-state index is 12.4. The first-order chi connectivity index (χ1) is 11.1. The summed E-state index contributed by atoms with van der Waals surface area (Å²) in [6.45, 7) is 3.90. The lowest BCUT2D eigenvalue weighted by molar-refractivity contribution is -0.135. The number of nitrogens with zero attached hydrogens (tertiary/aromatic N) is 1. The summed E-state index contributed by atoms with van der Waals surface area (Å²) in [5.41, 5.74) is 0.737. The molecule has 2 amide bonds. The number of methoxy groups -OCH3 is 1. The van der Waals surface area contributed by atoms with Crippen molar-refractivity contribution in [2.45, 2.75) is 26.2 Å². The van der Waals surface area contributed by atoms with Crippen LogP contribution in [0, 0.1) is 17.8 Å². The standard InChI is InChI=1S/C18H24N2O3/c1-12-7-9-20(10-8-12)18(22)16-11-15(16)17(21)19-13-3-5-14(23-2)6-4-13/h3-6,12,15-16H,7-11H2,1-2H3,(H,19,21). The van der Waals surface area contributed by atoms with E-state index in [2.05, 4.69) is 12.2 Å². The van der Waals surface area contributed by atoms with E-state index in [1.165, 1.54) is 0 Å². The number of piperidine rings is 1. The number of ether oxygens (including phenoxy) is 1. The molecule has 1 aliphatic carbocycles. The van der Waals surface area contributed by atoms with E-state index in [1.807, 2.05) is 17.0 Å². The van der Waals surface area contributed by atoms with Crippen LogP contribution in [0.25, 0.3) is 0 Å². The number of rotatable bonds is 4. The van der Waals surface area contributed by atoms with Gasteiger partial charge in [-0.25, -0.2) is 0 Å². The van der Waals surface area contributed by atoms with Crippen LogP contribution in [0.2, 0.25) is 0 Å². The molecule has 2 fully saturated rings. The Morgan fingerprint density at radius 2 is 1.78 bits per heavy atom. The Morgan fingerprint density at radius 1 is 1.13 bits per heavy atom. The number of anilines is 1. The lowest BCUT2D eigenvalue weighted by Crippen LogP contribution is -2.39. The van der Waals surface area contributed by atoms with Crippen LogP contribution in [0.3, 0.4) is 0 Å². The molecule has 5 heteroatoms. The van der Waals surface area contributed by atoms with Gasteiger partial charge in [0.25, 0.3) is 0 Å². The Bertz CT molecular complexity index is 576. The van der Waals surface area contributed by atoms with Gasteiger partial charge in [-0.2, -0.15) is 0 Å². The van der Waals surface area contributed by atoms with Crippen LogP contribution >= 0.6 is 0 Å². The number of likely N-dealkylation sites (tertiary alicyclic amines) is 1. The molecule has 0 bridgehead atoms. The Balaban J connectivity index is 1.51. The van der Waals surface area contributed by atoms with Crippen LogP contribution in [0.5, 0.6) is 5.75 Å². The Morgan fingerprint density at radius 3 is 2.39 bits per heavy atom. The van der Waals surface area contributed by atoms with Crippen molar-refractivity contribution < 1.29 is 14.3 Å². The first kappa shape index (κ1) is 15.8. The van der Waals surface area contributed by atoms with Crippen molar-refractivity contribution in [1.29, 1.82) is 0 Å². The summed E-state index contributed by atoms with van der Waals surface area (Å²) in [6.07, 6.45) is 2.81. The minimum Gasteiger partial charge on any atom is -0.497 e. The highest BCUT2D eigenvalue weighted by Crippen LogP contribution is 2.41. The zero-order chi connectivity index (χ0) is 16.4. The summed E-state index contributed by atoms with van der Waals surface area (Å²) in [5.74, 6) is 1.26. The van der Waals surface area contributed by atoms with Gasteiger partial charge < -0.3 is 15.0 Å². The van der Waals surface area contributed by atoms with Crippen molar-refractivity contribution in [3.8, 4) is 5.75 Å². The van der Waals surface area contributed by atoms with Gasteiger partial charge >= 0.3 is 0 Å². The topological polar surface area (TPSA) is 58.6 Å². The van der Waals surface area contributed by atoms with Gasteiger partial charge in [-0.1, -0.05) is 6.92 Å². The molecule has 1 aliphatic heterocycles. The molecule has 1 saturated heterocycles. The minimum atomic E-state index is -0.177. The van der Waals surface area contributed by atoms with Crippen molar-refractivity contribution in [3.05, 3.63) is 24.3 Å². The molecule has 2 unspecified atom stereocenters. The zero-order valence-corrected chi connectivity index (χ0v) is 13.7. The molecule has 1 N–H and O–H groups in total. The predicted molar refractivity (Wildman–Crippen MR) is 88.2 cm³/mol. The number of carbonyl (C=O) groups is 2. The van der Waals surface area contributed by atoms with E-state index in [0.29, 0.717) is 12.3 Å². The molecule has 0 aromatic heterocycles. The van der Waals surface area contributed by atoms with E-state index in [-0.39, 0.29) is 23.7 Å². The average molecular weight is 316 g/mol. The normalized spacial score (nSPS) is 24.2. The molecule has 0 radical (unpaired) electrons. The summed E-state index contributed by atoms with van der Waals surface area (Å²) in [5, 5.41) is 2.88. The summed E-state index contributed by atoms with van der Waals surface area (Å²) in [7, 11) is 1.61. The number of nitrogens with one attached hydrogen (secondary N) is 1. The van der Waals surface area contributed by atoms with Gasteiger partial charge in [-0.3, -0.25) is 9.59 Å². The van der Waals surface area contributed by atoms with E-state index < -0.39 is 0 Å². The van der Waals surface area contributed by atoms with E-state index in [9.17, 15) is 9.59 Å². The summed E-state index contributed by atoms with van der Waals surface area (Å²) in [4.78, 5) is 26.6. The van der Waals surface area contributed by atoms with Crippen molar-refractivity contribution in [1.82, 2.24) is 4.90 Å². The van der Waals surface area contributed by atoms with Gasteiger partial charge in [0, 0.05) is 18.8 Å². The fraction of sp³-hybridized carbons (Fsp3) is 0.556. The largest absolute Gasteiger partial charge is 0.497 e. The monoisotopic (exact) mass is 316 g/mol. The molecule has 124 valence electrons. The number of hydrogen-bond acceptors (Lipinski definition) is 3. The van der Waals surface area contributed by atoms with Crippen molar-refractivity contribution in [3.63, 3.8) is 0 Å². The van der Waals surface area contributed by atoms with Crippen LogP contribution < -0.4 is 10.1 Å². The van der Waals surface area contributed by atoms with E-state index in [1.54, 1.807) is 19.2 Å². The lowest BCUT2D eigenvalue weighted by Gasteiger charge is -2.30. The first-order valence-corrected chi connectivity index (χ1v) is 8.32. The molecular formula is C18H24N2O3. The fourth-order valence-electron chi connectivity index (χ4n) is 3.13. The third kappa shape index (κ3) is 3.66. The second-order valence-corrected chi connectivity index (χ2v) is 6.67. The third-order valence-electron chi connectivity index (χ3n) is 4.90. The van der Waals surface area contributed by atoms with Gasteiger partial charge in [0.05, 0.1) is 18.9 Å². The maximum Gasteiger partial charge on any atom is 0.228 e. The van der Waals surface area contributed by atoms with Gasteiger partial charge in [0.2, 0.25) is 11.8 Å². The lowest BCUT2D eigenvalue weighted by atomic mass is 9.99. The predicted octanol–water partition coefficient (Wildman–Crippen LogP) is 2.53. The van der Waals surface area contributed by atoms with Crippen LogP contribution in [-0.2, 0) is 9.59 Å².